The summed E-state index contributed by atoms with van der Waals surface area (Å²) in [5, 5.41) is 12.9. The van der Waals surface area contributed by atoms with Crippen LogP contribution in [0.4, 0.5) is 5.69 Å². The molecule has 2 aliphatic rings. The van der Waals surface area contributed by atoms with Gasteiger partial charge in [-0.25, -0.2) is 0 Å². The van der Waals surface area contributed by atoms with Crippen molar-refractivity contribution in [3.63, 3.8) is 0 Å². The van der Waals surface area contributed by atoms with E-state index in [1.54, 1.807) is 0 Å². The average Bonchev–Trinajstić information content (AvgIpc) is 2.58. The lowest BCUT2D eigenvalue weighted by molar-refractivity contribution is 0.319. The Kier molecular flexibility index (Phi) is 1.91. The van der Waals surface area contributed by atoms with E-state index in [4.69, 9.17) is 0 Å². The van der Waals surface area contributed by atoms with E-state index < -0.39 is 0 Å². The van der Waals surface area contributed by atoms with Gasteiger partial charge in [-0.3, -0.25) is 0 Å². The molecule has 2 nitrogen and oxygen atoms in total. The lowest BCUT2D eigenvalue weighted by Gasteiger charge is -2.33. The Hall–Kier alpha value is -1.18. The Balaban J connectivity index is 2.03. The third-order valence-corrected chi connectivity index (χ3v) is 4.00. The average molecular weight is 203 g/mol. The summed E-state index contributed by atoms with van der Waals surface area (Å²) in [6.45, 7) is 1.06. The normalized spacial score (nSPS) is 22.4. The summed E-state index contributed by atoms with van der Waals surface area (Å²) in [5.41, 5.74) is 2.96. The predicted octanol–water partition coefficient (Wildman–Crippen LogP) is 3.02. The van der Waals surface area contributed by atoms with Crippen molar-refractivity contribution < 1.29 is 5.11 Å². The summed E-state index contributed by atoms with van der Waals surface area (Å²) in [5.74, 6) is 0.370. The Labute approximate surface area is 90.3 Å². The fourth-order valence-electron chi connectivity index (χ4n) is 3.18. The molecule has 0 aromatic heterocycles. The Bertz CT molecular complexity index is 380. The molecule has 0 saturated heterocycles. The molecule has 1 aliphatic carbocycles. The van der Waals surface area contributed by atoms with Crippen molar-refractivity contribution in [3.8, 4) is 5.75 Å². The largest absolute Gasteiger partial charge is 0.508 e. The van der Waals surface area contributed by atoms with Crippen LogP contribution < -0.4 is 5.32 Å². The first-order valence-corrected chi connectivity index (χ1v) is 5.88. The monoisotopic (exact) mass is 203 g/mol. The SMILES string of the molecule is Oc1ccc2c(c1)NCC21CCCCC1. The van der Waals surface area contributed by atoms with Gasteiger partial charge in [-0.2, -0.15) is 0 Å². The molecule has 1 aromatic carbocycles. The van der Waals surface area contributed by atoms with Crippen molar-refractivity contribution >= 4 is 5.69 Å². The molecule has 1 fully saturated rings. The van der Waals surface area contributed by atoms with E-state index in [9.17, 15) is 5.11 Å². The number of hydrogen-bond donors (Lipinski definition) is 2. The minimum absolute atomic E-state index is 0.370. The summed E-state index contributed by atoms with van der Waals surface area (Å²) in [6.07, 6.45) is 6.69. The standard InChI is InChI=1S/C13H17NO/c15-10-4-5-11-12(8-10)14-9-13(11)6-2-1-3-7-13/h4-5,8,14-15H,1-3,6-7,9H2. The highest BCUT2D eigenvalue weighted by molar-refractivity contribution is 5.63. The molecule has 0 unspecified atom stereocenters. The Morgan fingerprint density at radius 3 is 2.73 bits per heavy atom. The minimum Gasteiger partial charge on any atom is -0.508 e. The second kappa shape index (κ2) is 3.16. The van der Waals surface area contributed by atoms with Gasteiger partial charge < -0.3 is 10.4 Å². The van der Waals surface area contributed by atoms with E-state index in [0.29, 0.717) is 11.2 Å². The number of anilines is 1. The summed E-state index contributed by atoms with van der Waals surface area (Å²) < 4.78 is 0. The highest BCUT2D eigenvalue weighted by atomic mass is 16.3. The summed E-state index contributed by atoms with van der Waals surface area (Å²) in [4.78, 5) is 0. The van der Waals surface area contributed by atoms with Crippen LogP contribution in [-0.4, -0.2) is 11.7 Å². The molecule has 15 heavy (non-hydrogen) atoms. The van der Waals surface area contributed by atoms with E-state index in [2.05, 4.69) is 11.4 Å². The molecule has 0 radical (unpaired) electrons. The van der Waals surface area contributed by atoms with E-state index in [0.717, 1.165) is 12.2 Å². The molecule has 80 valence electrons. The number of rotatable bonds is 0. The number of phenols is 1. The third-order valence-electron chi connectivity index (χ3n) is 4.00. The maximum Gasteiger partial charge on any atom is 0.117 e. The van der Waals surface area contributed by atoms with Gasteiger partial charge in [0.2, 0.25) is 0 Å². The first kappa shape index (κ1) is 9.08. The van der Waals surface area contributed by atoms with Crippen LogP contribution in [0.1, 0.15) is 37.7 Å². The van der Waals surface area contributed by atoms with E-state index in [1.165, 1.54) is 37.7 Å². The van der Waals surface area contributed by atoms with Gasteiger partial charge in [0.25, 0.3) is 0 Å². The number of nitrogens with one attached hydrogen (secondary N) is 1. The van der Waals surface area contributed by atoms with Crippen molar-refractivity contribution in [3.05, 3.63) is 23.8 Å². The topological polar surface area (TPSA) is 32.3 Å². The molecule has 2 heteroatoms. The maximum atomic E-state index is 9.44. The van der Waals surface area contributed by atoms with Gasteiger partial charge in [-0.15, -0.1) is 0 Å². The third kappa shape index (κ3) is 1.31. The van der Waals surface area contributed by atoms with Gasteiger partial charge in [-0.1, -0.05) is 25.3 Å². The van der Waals surface area contributed by atoms with Gasteiger partial charge in [0.05, 0.1) is 0 Å². The van der Waals surface area contributed by atoms with Crippen LogP contribution in [0.3, 0.4) is 0 Å². The smallest absolute Gasteiger partial charge is 0.117 e. The minimum atomic E-state index is 0.370. The summed E-state index contributed by atoms with van der Waals surface area (Å²) in [6, 6.07) is 5.79. The predicted molar refractivity (Wildman–Crippen MR) is 61.4 cm³/mol. The van der Waals surface area contributed by atoms with Crippen LogP contribution in [0.5, 0.6) is 5.75 Å². The van der Waals surface area contributed by atoms with Crippen molar-refractivity contribution in [1.29, 1.82) is 0 Å². The van der Waals surface area contributed by atoms with Gasteiger partial charge in [0.1, 0.15) is 5.75 Å². The van der Waals surface area contributed by atoms with Crippen LogP contribution >= 0.6 is 0 Å². The maximum absolute atomic E-state index is 9.44. The highest BCUT2D eigenvalue weighted by Gasteiger charge is 2.39. The van der Waals surface area contributed by atoms with Gasteiger partial charge in [0.15, 0.2) is 0 Å². The molecular formula is C13H17NO. The van der Waals surface area contributed by atoms with Crippen molar-refractivity contribution in [1.82, 2.24) is 0 Å². The Morgan fingerprint density at radius 2 is 1.93 bits per heavy atom. The fraction of sp³-hybridized carbons (Fsp3) is 0.538. The second-order valence-electron chi connectivity index (χ2n) is 4.92. The first-order chi connectivity index (χ1) is 7.30. The van der Waals surface area contributed by atoms with Gasteiger partial charge >= 0.3 is 0 Å². The zero-order chi connectivity index (χ0) is 10.3. The van der Waals surface area contributed by atoms with Crippen LogP contribution in [0, 0.1) is 0 Å². The zero-order valence-corrected chi connectivity index (χ0v) is 8.92. The Morgan fingerprint density at radius 1 is 1.13 bits per heavy atom. The lowest BCUT2D eigenvalue weighted by Crippen LogP contribution is -2.30. The van der Waals surface area contributed by atoms with Gasteiger partial charge in [-0.05, 0) is 24.5 Å². The zero-order valence-electron chi connectivity index (χ0n) is 8.92. The van der Waals surface area contributed by atoms with Crippen molar-refractivity contribution in [2.45, 2.75) is 37.5 Å². The molecule has 0 atom stereocenters. The molecule has 1 spiro atoms. The second-order valence-corrected chi connectivity index (χ2v) is 4.92. The molecule has 0 bridgehead atoms. The quantitative estimate of drug-likeness (QED) is 0.679. The van der Waals surface area contributed by atoms with Crippen LogP contribution in [0.2, 0.25) is 0 Å². The number of benzene rings is 1. The molecule has 1 heterocycles. The summed E-state index contributed by atoms with van der Waals surface area (Å²) >= 11 is 0. The fourth-order valence-corrected chi connectivity index (χ4v) is 3.18. The number of hydrogen-bond acceptors (Lipinski definition) is 2. The van der Waals surface area contributed by atoms with Gasteiger partial charge in [0, 0.05) is 23.7 Å². The number of aromatic hydroxyl groups is 1. The van der Waals surface area contributed by atoms with Crippen LogP contribution in [-0.2, 0) is 5.41 Å². The molecule has 2 N–H and O–H groups in total. The van der Waals surface area contributed by atoms with Crippen LogP contribution in [0.15, 0.2) is 18.2 Å². The number of fused-ring (bicyclic) bond motifs is 2. The van der Waals surface area contributed by atoms with E-state index >= 15 is 0 Å². The molecule has 1 aromatic rings. The molecule has 0 amide bonds. The van der Waals surface area contributed by atoms with E-state index in [1.807, 2.05) is 12.1 Å². The molecule has 3 rings (SSSR count). The molecular weight excluding hydrogens is 186 g/mol. The van der Waals surface area contributed by atoms with Crippen LogP contribution in [0.25, 0.3) is 0 Å². The van der Waals surface area contributed by atoms with E-state index in [-0.39, 0.29) is 0 Å². The lowest BCUT2D eigenvalue weighted by atomic mass is 9.71. The molecule has 1 saturated carbocycles. The van der Waals surface area contributed by atoms with Crippen molar-refractivity contribution in [2.24, 2.45) is 0 Å². The highest BCUT2D eigenvalue weighted by Crippen LogP contribution is 2.47. The van der Waals surface area contributed by atoms with Crippen molar-refractivity contribution in [2.75, 3.05) is 11.9 Å². The number of phenolic OH excluding ortho intramolecular Hbond substituents is 1. The first-order valence-electron chi connectivity index (χ1n) is 5.88. The summed E-state index contributed by atoms with van der Waals surface area (Å²) in [7, 11) is 0. The molecule has 1 aliphatic heterocycles.